The quantitative estimate of drug-likeness (QED) is 0.774. The van der Waals surface area contributed by atoms with Gasteiger partial charge in [0.2, 0.25) is 0 Å². The van der Waals surface area contributed by atoms with Crippen LogP contribution in [-0.4, -0.2) is 38.9 Å². The highest BCUT2D eigenvalue weighted by Crippen LogP contribution is 2.33. The lowest BCUT2D eigenvalue weighted by molar-refractivity contribution is -0.149. The molecule has 0 bridgehead atoms. The van der Waals surface area contributed by atoms with Crippen molar-refractivity contribution in [3.63, 3.8) is 0 Å². The number of hydrogen-bond donors (Lipinski definition) is 1. The molecular formula is C19H22N4O3. The number of piperidine rings is 1. The fourth-order valence-corrected chi connectivity index (χ4v) is 3.49. The molecule has 1 N–H and O–H groups in total. The van der Waals surface area contributed by atoms with Crippen molar-refractivity contribution in [2.24, 2.45) is 0 Å². The van der Waals surface area contributed by atoms with Crippen molar-refractivity contribution in [3.05, 3.63) is 42.2 Å². The van der Waals surface area contributed by atoms with E-state index in [1.807, 2.05) is 35.2 Å². The second kappa shape index (κ2) is 6.16. The summed E-state index contributed by atoms with van der Waals surface area (Å²) in [4.78, 5) is 18.6. The summed E-state index contributed by atoms with van der Waals surface area (Å²) in [6, 6.07) is 10.1. The highest BCUT2D eigenvalue weighted by molar-refractivity contribution is 5.77. The van der Waals surface area contributed by atoms with Gasteiger partial charge in [-0.25, -0.2) is 4.79 Å². The Balaban J connectivity index is 1.58. The van der Waals surface area contributed by atoms with Crippen LogP contribution in [0.5, 0.6) is 0 Å². The standard InChI is InChI=1S/C19H22N4O3/c1-13(2)14-7-10-23(21-14)19(17(24)25)8-11-22(12-9-19)18-20-15-5-3-4-6-16(15)26-18/h3-7,10,13H,8-9,11-12H2,1-2H3,(H,24,25). The van der Waals surface area contributed by atoms with Gasteiger partial charge in [0, 0.05) is 32.1 Å². The number of carboxylic acids is 1. The van der Waals surface area contributed by atoms with Crippen LogP contribution in [0.4, 0.5) is 6.01 Å². The molecule has 1 aliphatic heterocycles. The minimum Gasteiger partial charge on any atom is -0.479 e. The van der Waals surface area contributed by atoms with Crippen molar-refractivity contribution in [3.8, 4) is 0 Å². The Labute approximate surface area is 151 Å². The zero-order valence-corrected chi connectivity index (χ0v) is 14.9. The van der Waals surface area contributed by atoms with Crippen molar-refractivity contribution in [2.75, 3.05) is 18.0 Å². The molecule has 3 aromatic rings. The number of nitrogens with zero attached hydrogens (tertiary/aromatic N) is 4. The molecule has 26 heavy (non-hydrogen) atoms. The first-order chi connectivity index (χ1) is 12.5. The molecule has 0 unspecified atom stereocenters. The maximum Gasteiger partial charge on any atom is 0.331 e. The van der Waals surface area contributed by atoms with E-state index in [1.165, 1.54) is 0 Å². The third-order valence-corrected chi connectivity index (χ3v) is 5.18. The lowest BCUT2D eigenvalue weighted by atomic mass is 9.88. The third-order valence-electron chi connectivity index (χ3n) is 5.18. The van der Waals surface area contributed by atoms with Gasteiger partial charge in [-0.05, 0) is 24.1 Å². The Bertz CT molecular complexity index is 902. The van der Waals surface area contributed by atoms with Gasteiger partial charge in [-0.15, -0.1) is 0 Å². The zero-order chi connectivity index (χ0) is 18.3. The largest absolute Gasteiger partial charge is 0.479 e. The molecule has 136 valence electrons. The fourth-order valence-electron chi connectivity index (χ4n) is 3.49. The van der Waals surface area contributed by atoms with Crippen molar-refractivity contribution in [1.29, 1.82) is 0 Å². The highest BCUT2D eigenvalue weighted by Gasteiger charge is 2.45. The summed E-state index contributed by atoms with van der Waals surface area (Å²) in [5, 5.41) is 14.5. The molecule has 0 saturated carbocycles. The Hall–Kier alpha value is -2.83. The summed E-state index contributed by atoms with van der Waals surface area (Å²) in [5.41, 5.74) is 1.44. The maximum atomic E-state index is 12.1. The molecule has 0 amide bonds. The molecule has 1 saturated heterocycles. The minimum absolute atomic E-state index is 0.266. The van der Waals surface area contributed by atoms with Crippen LogP contribution in [0.1, 0.15) is 38.3 Å². The van der Waals surface area contributed by atoms with Crippen LogP contribution in [0, 0.1) is 0 Å². The van der Waals surface area contributed by atoms with Gasteiger partial charge in [-0.3, -0.25) is 4.68 Å². The predicted molar refractivity (Wildman–Crippen MR) is 97.4 cm³/mol. The third kappa shape index (κ3) is 2.64. The number of para-hydroxylation sites is 2. The normalized spacial score (nSPS) is 17.1. The van der Waals surface area contributed by atoms with Crippen molar-refractivity contribution in [2.45, 2.75) is 38.1 Å². The van der Waals surface area contributed by atoms with E-state index < -0.39 is 11.5 Å². The molecule has 0 aliphatic carbocycles. The monoisotopic (exact) mass is 354 g/mol. The molecule has 0 spiro atoms. The van der Waals surface area contributed by atoms with Crippen LogP contribution < -0.4 is 4.90 Å². The summed E-state index contributed by atoms with van der Waals surface area (Å²) in [6.07, 6.45) is 2.68. The van der Waals surface area contributed by atoms with Crippen molar-refractivity contribution >= 4 is 23.1 Å². The molecule has 1 aromatic carbocycles. The Kier molecular flexibility index (Phi) is 3.94. The number of fused-ring (bicyclic) bond motifs is 1. The Morgan fingerprint density at radius 1 is 1.23 bits per heavy atom. The molecule has 1 aliphatic rings. The lowest BCUT2D eigenvalue weighted by Crippen LogP contribution is -2.51. The van der Waals surface area contributed by atoms with Crippen LogP contribution >= 0.6 is 0 Å². The van der Waals surface area contributed by atoms with Gasteiger partial charge >= 0.3 is 5.97 Å². The van der Waals surface area contributed by atoms with Gasteiger partial charge in [-0.1, -0.05) is 26.0 Å². The molecule has 0 atom stereocenters. The Morgan fingerprint density at radius 3 is 2.58 bits per heavy atom. The van der Waals surface area contributed by atoms with E-state index in [0.29, 0.717) is 31.9 Å². The molecule has 3 heterocycles. The average molecular weight is 354 g/mol. The summed E-state index contributed by atoms with van der Waals surface area (Å²) in [6.45, 7) is 5.21. The minimum atomic E-state index is -1.02. The number of anilines is 1. The van der Waals surface area contributed by atoms with Crippen LogP contribution in [0.25, 0.3) is 11.1 Å². The predicted octanol–water partition coefficient (Wildman–Crippen LogP) is 3.23. The van der Waals surface area contributed by atoms with E-state index in [9.17, 15) is 9.90 Å². The van der Waals surface area contributed by atoms with E-state index in [1.54, 1.807) is 10.9 Å². The van der Waals surface area contributed by atoms with Crippen LogP contribution in [0.2, 0.25) is 0 Å². The van der Waals surface area contributed by atoms with Crippen molar-refractivity contribution < 1.29 is 14.3 Å². The van der Waals surface area contributed by atoms with Crippen LogP contribution in [0.3, 0.4) is 0 Å². The molecule has 7 heteroatoms. The summed E-state index contributed by atoms with van der Waals surface area (Å²) < 4.78 is 7.46. The van der Waals surface area contributed by atoms with Gasteiger partial charge in [0.1, 0.15) is 5.52 Å². The summed E-state index contributed by atoms with van der Waals surface area (Å²) >= 11 is 0. The van der Waals surface area contributed by atoms with E-state index >= 15 is 0 Å². The Morgan fingerprint density at radius 2 is 1.96 bits per heavy atom. The zero-order valence-electron chi connectivity index (χ0n) is 14.9. The first-order valence-corrected chi connectivity index (χ1v) is 8.89. The number of carboxylic acid groups (broad SMARTS) is 1. The highest BCUT2D eigenvalue weighted by atomic mass is 16.4. The number of hydrogen-bond acceptors (Lipinski definition) is 5. The number of oxazole rings is 1. The van der Waals surface area contributed by atoms with Gasteiger partial charge in [0.15, 0.2) is 11.1 Å². The number of aromatic nitrogens is 3. The van der Waals surface area contributed by atoms with Crippen LogP contribution in [0.15, 0.2) is 40.9 Å². The van der Waals surface area contributed by atoms with E-state index in [-0.39, 0.29) is 5.92 Å². The number of aliphatic carboxylic acids is 1. The lowest BCUT2D eigenvalue weighted by Gasteiger charge is -2.38. The first-order valence-electron chi connectivity index (χ1n) is 8.89. The number of benzene rings is 1. The van der Waals surface area contributed by atoms with Crippen molar-refractivity contribution in [1.82, 2.24) is 14.8 Å². The second-order valence-corrected chi connectivity index (χ2v) is 7.13. The second-order valence-electron chi connectivity index (χ2n) is 7.13. The van der Waals surface area contributed by atoms with E-state index in [2.05, 4.69) is 23.9 Å². The SMILES string of the molecule is CC(C)c1ccn(C2(C(=O)O)CCN(c3nc4ccccc4o3)CC2)n1. The maximum absolute atomic E-state index is 12.1. The molecule has 7 nitrogen and oxygen atoms in total. The van der Waals surface area contributed by atoms with Gasteiger partial charge < -0.3 is 14.4 Å². The smallest absolute Gasteiger partial charge is 0.331 e. The average Bonchev–Trinajstić information content (AvgIpc) is 3.29. The summed E-state index contributed by atoms with van der Waals surface area (Å²) in [5.74, 6) is -0.574. The number of carbonyl (C=O) groups is 1. The molecule has 0 radical (unpaired) electrons. The molecule has 2 aromatic heterocycles. The summed E-state index contributed by atoms with van der Waals surface area (Å²) in [7, 11) is 0. The number of rotatable bonds is 4. The van der Waals surface area contributed by atoms with Gasteiger partial charge in [-0.2, -0.15) is 10.1 Å². The van der Waals surface area contributed by atoms with E-state index in [4.69, 9.17) is 4.42 Å². The molecular weight excluding hydrogens is 332 g/mol. The van der Waals surface area contributed by atoms with Crippen LogP contribution in [-0.2, 0) is 10.3 Å². The van der Waals surface area contributed by atoms with Gasteiger partial charge in [0.25, 0.3) is 6.01 Å². The molecule has 1 fully saturated rings. The fraction of sp³-hybridized carbons (Fsp3) is 0.421. The first kappa shape index (κ1) is 16.6. The topological polar surface area (TPSA) is 84.4 Å². The van der Waals surface area contributed by atoms with E-state index in [0.717, 1.165) is 16.8 Å². The molecule has 4 rings (SSSR count). The van der Waals surface area contributed by atoms with Gasteiger partial charge in [0.05, 0.1) is 5.69 Å².